The van der Waals surface area contributed by atoms with Gasteiger partial charge in [-0.1, -0.05) is 18.2 Å². The Labute approximate surface area is 247 Å². The summed E-state index contributed by atoms with van der Waals surface area (Å²) < 4.78 is 37.4. The van der Waals surface area contributed by atoms with Gasteiger partial charge in [0.2, 0.25) is 0 Å². The van der Waals surface area contributed by atoms with Crippen LogP contribution in [0.25, 0.3) is 32.8 Å². The number of piperazine rings is 1. The van der Waals surface area contributed by atoms with Crippen LogP contribution in [0.2, 0.25) is 0 Å². The molecule has 4 aromatic rings. The number of ether oxygens (including phenoxy) is 1. The Balaban J connectivity index is 1.27. The fraction of sp³-hybridized carbons (Fsp3) is 0.424. The van der Waals surface area contributed by atoms with Crippen LogP contribution in [-0.2, 0) is 0 Å². The molecule has 0 amide bonds. The van der Waals surface area contributed by atoms with Crippen LogP contribution in [0.5, 0.6) is 11.8 Å². The minimum atomic E-state index is -0.885. The largest absolute Gasteiger partial charge is 0.508 e. The summed E-state index contributed by atoms with van der Waals surface area (Å²) in [7, 11) is 0. The number of fused-ring (bicyclic) bond motifs is 5. The van der Waals surface area contributed by atoms with Crippen LogP contribution in [-0.4, -0.2) is 76.6 Å². The molecule has 0 saturated carbocycles. The fourth-order valence-corrected chi connectivity index (χ4v) is 7.97. The number of halogens is 2. The zero-order valence-corrected chi connectivity index (χ0v) is 23.7. The number of nitrogens with one attached hydrogen (secondary N) is 1. The first-order chi connectivity index (χ1) is 20.9. The SMILES string of the molecule is N#Cc1cccc2cc(O)cc(-c3ccc4c(N5CC6CCC(C5)N6)nc(OC[C@@]56CCCN5C[C@H](F)C6)nc4c3F)c12. The first kappa shape index (κ1) is 26.5. The van der Waals surface area contributed by atoms with Crippen molar-refractivity contribution < 1.29 is 18.6 Å². The number of anilines is 1. The molecular formula is C33H32F2N6O2. The minimum absolute atomic E-state index is 0.0242. The number of phenols is 1. The Hall–Kier alpha value is -4.07. The van der Waals surface area contributed by atoms with Gasteiger partial charge in [0.25, 0.3) is 0 Å². The van der Waals surface area contributed by atoms with Gasteiger partial charge < -0.3 is 20.1 Å². The quantitative estimate of drug-likeness (QED) is 0.337. The molecule has 0 spiro atoms. The fourth-order valence-electron chi connectivity index (χ4n) is 7.97. The van der Waals surface area contributed by atoms with Crippen molar-refractivity contribution in [3.63, 3.8) is 0 Å². The topological polar surface area (TPSA) is 97.5 Å². The van der Waals surface area contributed by atoms with E-state index in [4.69, 9.17) is 9.72 Å². The van der Waals surface area contributed by atoms with Gasteiger partial charge in [0.05, 0.1) is 17.2 Å². The van der Waals surface area contributed by atoms with E-state index < -0.39 is 12.0 Å². The zero-order valence-electron chi connectivity index (χ0n) is 23.7. The van der Waals surface area contributed by atoms with E-state index in [2.05, 4.69) is 26.2 Å². The number of aromatic nitrogens is 2. The summed E-state index contributed by atoms with van der Waals surface area (Å²) in [4.78, 5) is 13.8. The highest BCUT2D eigenvalue weighted by Gasteiger charge is 2.49. The van der Waals surface area contributed by atoms with Crippen LogP contribution in [0.3, 0.4) is 0 Å². The monoisotopic (exact) mass is 582 g/mol. The van der Waals surface area contributed by atoms with E-state index in [-0.39, 0.29) is 35.0 Å². The summed E-state index contributed by atoms with van der Waals surface area (Å²) in [5.41, 5.74) is 0.753. The van der Waals surface area contributed by atoms with Gasteiger partial charge in [-0.05, 0) is 67.4 Å². The second kappa shape index (κ2) is 10.00. The third-order valence-electron chi connectivity index (χ3n) is 9.89. The molecule has 10 heteroatoms. The molecule has 2 bridgehead atoms. The lowest BCUT2D eigenvalue weighted by Gasteiger charge is -2.34. The maximum atomic E-state index is 16.8. The van der Waals surface area contributed by atoms with Crippen molar-refractivity contribution in [3.05, 3.63) is 53.8 Å². The summed E-state index contributed by atoms with van der Waals surface area (Å²) in [6, 6.07) is 14.7. The van der Waals surface area contributed by atoms with Gasteiger partial charge in [-0.15, -0.1) is 0 Å². The van der Waals surface area contributed by atoms with Gasteiger partial charge in [0.15, 0.2) is 5.82 Å². The van der Waals surface area contributed by atoms with Crippen LogP contribution < -0.4 is 15.0 Å². The first-order valence-electron chi connectivity index (χ1n) is 15.1. The molecule has 43 heavy (non-hydrogen) atoms. The second-order valence-electron chi connectivity index (χ2n) is 12.6. The molecule has 2 N–H and O–H groups in total. The van der Waals surface area contributed by atoms with Gasteiger partial charge in [0.1, 0.15) is 29.9 Å². The molecule has 4 saturated heterocycles. The van der Waals surface area contributed by atoms with Crippen molar-refractivity contribution in [2.45, 2.75) is 55.9 Å². The van der Waals surface area contributed by atoms with Crippen LogP contribution in [0, 0.1) is 17.1 Å². The summed E-state index contributed by atoms with van der Waals surface area (Å²) in [5.74, 6) is 0.0240. The molecule has 8 nitrogen and oxygen atoms in total. The molecule has 0 aliphatic carbocycles. The highest BCUT2D eigenvalue weighted by atomic mass is 19.1. The van der Waals surface area contributed by atoms with E-state index in [0.717, 1.165) is 45.3 Å². The van der Waals surface area contributed by atoms with Crippen LogP contribution in [0.15, 0.2) is 42.5 Å². The standard InChI is InChI=1S/C33H32F2N6O2/c34-21-13-33(9-2-10-41(33)15-21)18-43-32-38-30-26(31(39-32)40-16-22-5-6-23(17-40)37-22)8-7-25(29(30)35)27-12-24(42)11-19-3-1-4-20(14-36)28(19)27/h1,3-4,7-8,11-12,21-23,37,42H,2,5-6,9-10,13,15-18H2/t21-,22?,23?,33+/m1/s1. The molecule has 4 atom stereocenters. The van der Waals surface area contributed by atoms with Crippen LogP contribution >= 0.6 is 0 Å². The van der Waals surface area contributed by atoms with Gasteiger partial charge >= 0.3 is 6.01 Å². The maximum Gasteiger partial charge on any atom is 0.319 e. The highest BCUT2D eigenvalue weighted by molar-refractivity contribution is 6.03. The molecule has 0 radical (unpaired) electrons. The van der Waals surface area contributed by atoms with Gasteiger partial charge in [-0.3, -0.25) is 4.90 Å². The predicted octanol–water partition coefficient (Wildman–Crippen LogP) is 5.06. The van der Waals surface area contributed by atoms with Gasteiger partial charge in [-0.25, -0.2) is 8.78 Å². The number of rotatable bonds is 5. The number of aromatic hydroxyl groups is 1. The third kappa shape index (κ3) is 4.36. The molecule has 8 rings (SSSR count). The first-order valence-corrected chi connectivity index (χ1v) is 15.1. The number of nitrogens with zero attached hydrogens (tertiary/aromatic N) is 5. The van der Waals surface area contributed by atoms with E-state index in [1.54, 1.807) is 30.3 Å². The Morgan fingerprint density at radius 3 is 2.74 bits per heavy atom. The number of phenolic OH excluding ortho intramolecular Hbond substituents is 1. The minimum Gasteiger partial charge on any atom is -0.508 e. The molecule has 1 aromatic heterocycles. The van der Waals surface area contributed by atoms with Crippen molar-refractivity contribution in [1.82, 2.24) is 20.2 Å². The molecule has 5 heterocycles. The predicted molar refractivity (Wildman–Crippen MR) is 160 cm³/mol. The number of hydrogen-bond donors (Lipinski definition) is 2. The van der Waals surface area contributed by atoms with Gasteiger partial charge in [0, 0.05) is 54.5 Å². The summed E-state index contributed by atoms with van der Waals surface area (Å²) in [5, 5.41) is 25.8. The lowest BCUT2D eigenvalue weighted by molar-refractivity contribution is 0.107. The van der Waals surface area contributed by atoms with E-state index in [9.17, 15) is 14.8 Å². The van der Waals surface area contributed by atoms with Gasteiger partial charge in [-0.2, -0.15) is 15.2 Å². The average Bonchev–Trinajstić information content (AvgIpc) is 3.65. The van der Waals surface area contributed by atoms with E-state index in [1.807, 2.05) is 6.07 Å². The van der Waals surface area contributed by atoms with Crippen LogP contribution in [0.4, 0.5) is 14.6 Å². The molecule has 3 aromatic carbocycles. The number of alkyl halides is 1. The van der Waals surface area contributed by atoms with Crippen molar-refractivity contribution in [3.8, 4) is 29.0 Å². The Morgan fingerprint density at radius 1 is 1.09 bits per heavy atom. The Kier molecular flexibility index (Phi) is 6.17. The molecular weight excluding hydrogens is 550 g/mol. The highest BCUT2D eigenvalue weighted by Crippen LogP contribution is 2.42. The summed E-state index contributed by atoms with van der Waals surface area (Å²) in [6.45, 7) is 3.00. The van der Waals surface area contributed by atoms with Crippen LogP contribution in [0.1, 0.15) is 37.7 Å². The van der Waals surface area contributed by atoms with E-state index >= 15 is 4.39 Å². The van der Waals surface area contributed by atoms with Crippen molar-refractivity contribution in [2.75, 3.05) is 37.7 Å². The molecule has 2 unspecified atom stereocenters. The molecule has 4 aliphatic rings. The number of hydrogen-bond acceptors (Lipinski definition) is 8. The average molecular weight is 583 g/mol. The lowest BCUT2D eigenvalue weighted by Crippen LogP contribution is -2.51. The Bertz CT molecular complexity index is 1800. The zero-order chi connectivity index (χ0) is 29.3. The molecule has 220 valence electrons. The summed E-state index contributed by atoms with van der Waals surface area (Å²) >= 11 is 0. The van der Waals surface area contributed by atoms with Crippen molar-refractivity contribution in [2.24, 2.45) is 0 Å². The number of benzene rings is 3. The van der Waals surface area contributed by atoms with E-state index in [0.29, 0.717) is 58.2 Å². The Morgan fingerprint density at radius 2 is 1.93 bits per heavy atom. The van der Waals surface area contributed by atoms with E-state index in [1.165, 1.54) is 6.07 Å². The second-order valence-corrected chi connectivity index (χ2v) is 12.6. The summed E-state index contributed by atoms with van der Waals surface area (Å²) in [6.07, 6.45) is 3.53. The van der Waals surface area contributed by atoms with Crippen molar-refractivity contribution in [1.29, 1.82) is 5.26 Å². The smallest absolute Gasteiger partial charge is 0.319 e. The third-order valence-corrected chi connectivity index (χ3v) is 9.89. The maximum absolute atomic E-state index is 16.8. The molecule has 4 aliphatic heterocycles. The number of nitriles is 1. The normalized spacial score (nSPS) is 26.7. The molecule has 4 fully saturated rings. The lowest BCUT2D eigenvalue weighted by atomic mass is 9.93. The van der Waals surface area contributed by atoms with Crippen molar-refractivity contribution >= 4 is 27.5 Å².